The van der Waals surface area contributed by atoms with Crippen molar-refractivity contribution in [3.05, 3.63) is 45.2 Å². The molecule has 2 aromatic rings. The van der Waals surface area contributed by atoms with Crippen molar-refractivity contribution in [1.29, 1.82) is 0 Å². The molecule has 2 nitrogen and oxygen atoms in total. The van der Waals surface area contributed by atoms with E-state index in [2.05, 4.69) is 35.3 Å². The number of aryl methyl sites for hydroxylation is 3. The highest BCUT2D eigenvalue weighted by atomic mass is 32.1. The molecule has 0 N–H and O–H groups in total. The zero-order valence-electron chi connectivity index (χ0n) is 10.2. The van der Waals surface area contributed by atoms with Gasteiger partial charge in [-0.1, -0.05) is 6.07 Å². The second-order valence-corrected chi connectivity index (χ2v) is 5.72. The number of hydrogen-bond acceptors (Lipinski definition) is 3. The molecular weight excluding hydrogens is 228 g/mol. The van der Waals surface area contributed by atoms with Crippen LogP contribution in [0.1, 0.15) is 46.3 Å². The Morgan fingerprint density at radius 2 is 2.24 bits per heavy atom. The maximum absolute atomic E-state index is 4.65. The van der Waals surface area contributed by atoms with Crippen LogP contribution in [0.4, 0.5) is 0 Å². The van der Waals surface area contributed by atoms with Crippen molar-refractivity contribution in [3.8, 4) is 0 Å². The molecule has 0 fully saturated rings. The molecule has 0 spiro atoms. The van der Waals surface area contributed by atoms with Gasteiger partial charge in [0.2, 0.25) is 0 Å². The number of rotatable bonds is 1. The van der Waals surface area contributed by atoms with E-state index in [1.807, 2.05) is 6.20 Å². The summed E-state index contributed by atoms with van der Waals surface area (Å²) in [6.07, 6.45) is 5.60. The molecule has 1 atom stereocenters. The van der Waals surface area contributed by atoms with Crippen LogP contribution in [-0.4, -0.2) is 9.97 Å². The number of nitrogens with zero attached hydrogens (tertiary/aromatic N) is 2. The third kappa shape index (κ3) is 2.00. The van der Waals surface area contributed by atoms with Gasteiger partial charge in [0.05, 0.1) is 11.6 Å². The van der Waals surface area contributed by atoms with E-state index in [1.54, 1.807) is 11.3 Å². The first-order chi connectivity index (χ1) is 8.24. The quantitative estimate of drug-likeness (QED) is 0.765. The molecule has 88 valence electrons. The minimum Gasteiger partial charge on any atom is -0.260 e. The van der Waals surface area contributed by atoms with Crippen LogP contribution in [-0.2, 0) is 6.42 Å². The Morgan fingerprint density at radius 1 is 1.35 bits per heavy atom. The Balaban J connectivity index is 2.05. The van der Waals surface area contributed by atoms with Crippen LogP contribution in [0.2, 0.25) is 0 Å². The second kappa shape index (κ2) is 4.22. The van der Waals surface area contributed by atoms with Gasteiger partial charge >= 0.3 is 0 Å². The maximum atomic E-state index is 4.65. The third-order valence-corrected chi connectivity index (χ3v) is 4.42. The summed E-state index contributed by atoms with van der Waals surface area (Å²) in [5.41, 5.74) is 5.08. The number of hydrogen-bond donors (Lipinski definition) is 0. The first-order valence-corrected chi connectivity index (χ1v) is 6.99. The van der Waals surface area contributed by atoms with Gasteiger partial charge in [-0.05, 0) is 44.2 Å². The smallest absolute Gasteiger partial charge is 0.102 e. The van der Waals surface area contributed by atoms with Crippen LogP contribution in [0.15, 0.2) is 17.6 Å². The van der Waals surface area contributed by atoms with Gasteiger partial charge < -0.3 is 0 Å². The predicted octanol–water partition coefficient (Wildman–Crippen LogP) is 3.62. The SMILES string of the molecule is Cc1cnc2c(c1)CCCC2c1nc(C)cs1. The molecule has 1 aliphatic rings. The molecule has 1 aliphatic carbocycles. The van der Waals surface area contributed by atoms with E-state index in [1.165, 1.54) is 41.1 Å². The van der Waals surface area contributed by atoms with Crippen LogP contribution < -0.4 is 0 Å². The monoisotopic (exact) mass is 244 g/mol. The van der Waals surface area contributed by atoms with Gasteiger partial charge in [0.1, 0.15) is 5.01 Å². The summed E-state index contributed by atoms with van der Waals surface area (Å²) in [6, 6.07) is 2.29. The van der Waals surface area contributed by atoms with Crippen LogP contribution >= 0.6 is 11.3 Å². The molecule has 0 radical (unpaired) electrons. The molecule has 3 heteroatoms. The van der Waals surface area contributed by atoms with Crippen molar-refractivity contribution in [1.82, 2.24) is 9.97 Å². The van der Waals surface area contributed by atoms with Crippen molar-refractivity contribution in [2.75, 3.05) is 0 Å². The van der Waals surface area contributed by atoms with Crippen molar-refractivity contribution in [2.24, 2.45) is 0 Å². The number of fused-ring (bicyclic) bond motifs is 1. The topological polar surface area (TPSA) is 25.8 Å². The summed E-state index contributed by atoms with van der Waals surface area (Å²) in [5, 5.41) is 3.37. The molecular formula is C14H16N2S. The van der Waals surface area contributed by atoms with Crippen molar-refractivity contribution < 1.29 is 0 Å². The average Bonchev–Trinajstić information content (AvgIpc) is 2.74. The van der Waals surface area contributed by atoms with Gasteiger partial charge in [-0.3, -0.25) is 4.98 Å². The fourth-order valence-corrected chi connectivity index (χ4v) is 3.49. The maximum Gasteiger partial charge on any atom is 0.102 e. The molecule has 0 saturated heterocycles. The molecule has 0 aliphatic heterocycles. The lowest BCUT2D eigenvalue weighted by atomic mass is 9.86. The van der Waals surface area contributed by atoms with E-state index in [0.717, 1.165) is 5.69 Å². The minimum atomic E-state index is 0.429. The lowest BCUT2D eigenvalue weighted by molar-refractivity contribution is 0.595. The summed E-state index contributed by atoms with van der Waals surface area (Å²) >= 11 is 1.77. The van der Waals surface area contributed by atoms with Gasteiger partial charge in [-0.2, -0.15) is 0 Å². The molecule has 2 aromatic heterocycles. The molecule has 0 saturated carbocycles. The summed E-state index contributed by atoms with van der Waals surface area (Å²) < 4.78 is 0. The zero-order chi connectivity index (χ0) is 11.8. The molecule has 0 bridgehead atoms. The second-order valence-electron chi connectivity index (χ2n) is 4.83. The van der Waals surface area contributed by atoms with Gasteiger partial charge in [-0.25, -0.2) is 4.98 Å². The van der Waals surface area contributed by atoms with E-state index < -0.39 is 0 Å². The lowest BCUT2D eigenvalue weighted by Crippen LogP contribution is -2.13. The summed E-state index contributed by atoms with van der Waals surface area (Å²) in [6.45, 7) is 4.18. The number of pyridine rings is 1. The Kier molecular flexibility index (Phi) is 2.71. The predicted molar refractivity (Wildman–Crippen MR) is 70.6 cm³/mol. The minimum absolute atomic E-state index is 0.429. The molecule has 2 heterocycles. The van der Waals surface area contributed by atoms with E-state index in [0.29, 0.717) is 5.92 Å². The first-order valence-electron chi connectivity index (χ1n) is 6.11. The Hall–Kier alpha value is -1.22. The average molecular weight is 244 g/mol. The summed E-state index contributed by atoms with van der Waals surface area (Å²) in [5.74, 6) is 0.429. The standard InChI is InChI=1S/C14H16N2S/c1-9-6-11-4-3-5-12(13(11)15-7-9)14-16-10(2)8-17-14/h6-8,12H,3-5H2,1-2H3. The first kappa shape index (κ1) is 10.9. The van der Waals surface area contributed by atoms with E-state index >= 15 is 0 Å². The zero-order valence-corrected chi connectivity index (χ0v) is 11.0. The van der Waals surface area contributed by atoms with E-state index in [9.17, 15) is 0 Å². The Bertz CT molecular complexity index is 545. The molecule has 17 heavy (non-hydrogen) atoms. The van der Waals surface area contributed by atoms with E-state index in [4.69, 9.17) is 0 Å². The fraction of sp³-hybridized carbons (Fsp3) is 0.429. The van der Waals surface area contributed by atoms with Gasteiger partial charge in [-0.15, -0.1) is 11.3 Å². The lowest BCUT2D eigenvalue weighted by Gasteiger charge is -2.23. The van der Waals surface area contributed by atoms with Gasteiger partial charge in [0, 0.05) is 17.3 Å². The van der Waals surface area contributed by atoms with Crippen molar-refractivity contribution in [2.45, 2.75) is 39.0 Å². The largest absolute Gasteiger partial charge is 0.260 e. The van der Waals surface area contributed by atoms with E-state index in [-0.39, 0.29) is 0 Å². The van der Waals surface area contributed by atoms with Crippen molar-refractivity contribution >= 4 is 11.3 Å². The number of aromatic nitrogens is 2. The fourth-order valence-electron chi connectivity index (χ4n) is 2.56. The normalized spacial score (nSPS) is 19.1. The number of thiazole rings is 1. The highest BCUT2D eigenvalue weighted by Gasteiger charge is 2.25. The molecule has 3 rings (SSSR count). The van der Waals surface area contributed by atoms with Crippen LogP contribution in [0, 0.1) is 13.8 Å². The Morgan fingerprint density at radius 3 is 3.00 bits per heavy atom. The molecule has 0 aromatic carbocycles. The van der Waals surface area contributed by atoms with Gasteiger partial charge in [0.25, 0.3) is 0 Å². The highest BCUT2D eigenvalue weighted by Crippen LogP contribution is 2.36. The molecule has 1 unspecified atom stereocenters. The van der Waals surface area contributed by atoms with Crippen LogP contribution in [0.3, 0.4) is 0 Å². The van der Waals surface area contributed by atoms with Crippen LogP contribution in [0.25, 0.3) is 0 Å². The van der Waals surface area contributed by atoms with Gasteiger partial charge in [0.15, 0.2) is 0 Å². The highest BCUT2D eigenvalue weighted by molar-refractivity contribution is 7.09. The Labute approximate surface area is 106 Å². The summed E-state index contributed by atoms with van der Waals surface area (Å²) in [4.78, 5) is 9.29. The third-order valence-electron chi connectivity index (χ3n) is 3.34. The summed E-state index contributed by atoms with van der Waals surface area (Å²) in [7, 11) is 0. The molecule has 0 amide bonds. The van der Waals surface area contributed by atoms with Crippen LogP contribution in [0.5, 0.6) is 0 Å². The van der Waals surface area contributed by atoms with Crippen molar-refractivity contribution in [3.63, 3.8) is 0 Å².